The van der Waals surface area contributed by atoms with Crippen LogP contribution in [-0.2, 0) is 0 Å². The summed E-state index contributed by atoms with van der Waals surface area (Å²) < 4.78 is 41.4. The number of hydrogen-bond acceptors (Lipinski definition) is 4. The number of amides is 1. The maximum absolute atomic E-state index is 12.9. The van der Waals surface area contributed by atoms with Gasteiger partial charge in [0.2, 0.25) is 0 Å². The Hall–Kier alpha value is -1.96. The number of benzene rings is 1. The lowest BCUT2D eigenvalue weighted by Gasteiger charge is -2.07. The Bertz CT molecular complexity index is 615. The standard InChI is InChI=1S/C11H8F3N3OS/c1-5-4-6(12)2-3-7(5)15-11(18)9-8(10(13)14)16-17-19-9/h2-4,10H,1H3,(H,15,18). The predicted octanol–water partition coefficient (Wildman–Crippen LogP) is 3.18. The number of anilines is 1. The zero-order valence-electron chi connectivity index (χ0n) is 9.65. The van der Waals surface area contributed by atoms with E-state index in [2.05, 4.69) is 14.9 Å². The number of carbonyl (C=O) groups excluding carboxylic acids is 1. The second-order valence-corrected chi connectivity index (χ2v) is 4.46. The molecule has 0 bridgehead atoms. The molecule has 1 amide bonds. The van der Waals surface area contributed by atoms with E-state index in [1.165, 1.54) is 18.2 Å². The van der Waals surface area contributed by atoms with E-state index in [0.29, 0.717) is 22.8 Å². The van der Waals surface area contributed by atoms with Gasteiger partial charge in [0.15, 0.2) is 5.69 Å². The lowest BCUT2D eigenvalue weighted by molar-refractivity contribution is 0.101. The molecule has 8 heteroatoms. The lowest BCUT2D eigenvalue weighted by atomic mass is 10.2. The van der Waals surface area contributed by atoms with Gasteiger partial charge in [0.05, 0.1) is 0 Å². The van der Waals surface area contributed by atoms with Crippen molar-refractivity contribution >= 4 is 23.1 Å². The summed E-state index contributed by atoms with van der Waals surface area (Å²) in [5, 5.41) is 5.64. The van der Waals surface area contributed by atoms with Crippen LogP contribution in [0.1, 0.15) is 27.4 Å². The van der Waals surface area contributed by atoms with Crippen LogP contribution >= 0.6 is 11.5 Å². The normalized spacial score (nSPS) is 10.8. The van der Waals surface area contributed by atoms with Gasteiger partial charge in [-0.25, -0.2) is 13.2 Å². The Morgan fingerprint density at radius 1 is 1.42 bits per heavy atom. The highest BCUT2D eigenvalue weighted by Crippen LogP contribution is 2.24. The molecule has 0 saturated carbocycles. The van der Waals surface area contributed by atoms with Crippen molar-refractivity contribution < 1.29 is 18.0 Å². The van der Waals surface area contributed by atoms with Gasteiger partial charge in [-0.15, -0.1) is 5.10 Å². The third-order valence-electron chi connectivity index (χ3n) is 2.36. The first kappa shape index (κ1) is 13.5. The van der Waals surface area contributed by atoms with Crippen molar-refractivity contribution in [1.29, 1.82) is 0 Å². The fraction of sp³-hybridized carbons (Fsp3) is 0.182. The maximum Gasteiger partial charge on any atom is 0.283 e. The summed E-state index contributed by atoms with van der Waals surface area (Å²) in [4.78, 5) is 11.6. The van der Waals surface area contributed by atoms with Crippen LogP contribution in [0.5, 0.6) is 0 Å². The Morgan fingerprint density at radius 2 is 2.16 bits per heavy atom. The zero-order valence-corrected chi connectivity index (χ0v) is 10.5. The number of rotatable bonds is 3. The number of carbonyl (C=O) groups is 1. The monoisotopic (exact) mass is 287 g/mol. The molecule has 0 fully saturated rings. The van der Waals surface area contributed by atoms with Crippen molar-refractivity contribution in [3.8, 4) is 0 Å². The first-order valence-corrected chi connectivity index (χ1v) is 5.94. The third kappa shape index (κ3) is 2.90. The van der Waals surface area contributed by atoms with Gasteiger partial charge in [-0.2, -0.15) is 0 Å². The number of hydrogen-bond donors (Lipinski definition) is 1. The highest BCUT2D eigenvalue weighted by Gasteiger charge is 2.23. The van der Waals surface area contributed by atoms with Gasteiger partial charge < -0.3 is 5.32 Å². The van der Waals surface area contributed by atoms with Gasteiger partial charge in [-0.05, 0) is 42.2 Å². The molecule has 2 rings (SSSR count). The summed E-state index contributed by atoms with van der Waals surface area (Å²) >= 11 is 0.587. The van der Waals surface area contributed by atoms with Gasteiger partial charge in [0.1, 0.15) is 10.7 Å². The fourth-order valence-corrected chi connectivity index (χ4v) is 2.01. The first-order valence-electron chi connectivity index (χ1n) is 5.17. The summed E-state index contributed by atoms with van der Waals surface area (Å²) in [6, 6.07) is 3.76. The van der Waals surface area contributed by atoms with Crippen LogP contribution < -0.4 is 5.32 Å². The predicted molar refractivity (Wildman–Crippen MR) is 64.0 cm³/mol. The smallest absolute Gasteiger partial charge is 0.283 e. The molecule has 0 radical (unpaired) electrons. The number of aryl methyl sites for hydroxylation is 1. The number of nitrogens with zero attached hydrogens (tertiary/aromatic N) is 2. The van der Waals surface area contributed by atoms with Crippen LogP contribution in [0.25, 0.3) is 0 Å². The Morgan fingerprint density at radius 3 is 2.79 bits per heavy atom. The van der Waals surface area contributed by atoms with Crippen molar-refractivity contribution in [3.05, 3.63) is 40.2 Å². The summed E-state index contributed by atoms with van der Waals surface area (Å²) in [6.07, 6.45) is -2.87. The van der Waals surface area contributed by atoms with E-state index < -0.39 is 23.8 Å². The molecule has 1 aromatic carbocycles. The minimum absolute atomic E-state index is 0.251. The molecule has 1 heterocycles. The average molecular weight is 287 g/mol. The van der Waals surface area contributed by atoms with Crippen LogP contribution in [0.15, 0.2) is 18.2 Å². The minimum atomic E-state index is -2.87. The van der Waals surface area contributed by atoms with Crippen molar-refractivity contribution in [2.45, 2.75) is 13.3 Å². The molecule has 0 aliphatic heterocycles. The molecule has 0 atom stereocenters. The molecule has 2 aromatic rings. The largest absolute Gasteiger partial charge is 0.321 e. The fourth-order valence-electron chi connectivity index (χ4n) is 1.44. The SMILES string of the molecule is Cc1cc(F)ccc1NC(=O)c1snnc1C(F)F. The Balaban J connectivity index is 2.23. The van der Waals surface area contributed by atoms with Crippen molar-refractivity contribution in [3.63, 3.8) is 0 Å². The van der Waals surface area contributed by atoms with E-state index in [-0.39, 0.29) is 4.88 Å². The number of halogens is 3. The summed E-state index contributed by atoms with van der Waals surface area (Å²) in [5.41, 5.74) is 0.187. The number of nitrogens with one attached hydrogen (secondary N) is 1. The lowest BCUT2D eigenvalue weighted by Crippen LogP contribution is -2.13. The Kier molecular flexibility index (Phi) is 3.79. The summed E-state index contributed by atoms with van der Waals surface area (Å²) in [7, 11) is 0. The van der Waals surface area contributed by atoms with Crippen molar-refractivity contribution in [2.75, 3.05) is 5.32 Å². The molecular weight excluding hydrogens is 279 g/mol. The maximum atomic E-state index is 12.9. The van der Waals surface area contributed by atoms with Crippen molar-refractivity contribution in [2.24, 2.45) is 0 Å². The number of aromatic nitrogens is 2. The van der Waals surface area contributed by atoms with Gasteiger partial charge in [0, 0.05) is 5.69 Å². The highest BCUT2D eigenvalue weighted by atomic mass is 32.1. The van der Waals surface area contributed by atoms with Crippen molar-refractivity contribution in [1.82, 2.24) is 9.59 Å². The Labute approximate surface area is 110 Å². The molecule has 19 heavy (non-hydrogen) atoms. The summed E-state index contributed by atoms with van der Waals surface area (Å²) in [5.74, 6) is -1.18. The average Bonchev–Trinajstić information content (AvgIpc) is 2.82. The molecule has 0 unspecified atom stereocenters. The first-order chi connectivity index (χ1) is 8.99. The van der Waals surface area contributed by atoms with E-state index in [9.17, 15) is 18.0 Å². The molecule has 0 spiro atoms. The molecule has 4 nitrogen and oxygen atoms in total. The topological polar surface area (TPSA) is 54.9 Å². The van der Waals surface area contributed by atoms with Crippen LogP contribution in [0.2, 0.25) is 0 Å². The molecular formula is C11H8F3N3OS. The minimum Gasteiger partial charge on any atom is -0.321 e. The van der Waals surface area contributed by atoms with E-state index in [1.54, 1.807) is 6.92 Å². The number of alkyl halides is 2. The van der Waals surface area contributed by atoms with Gasteiger partial charge >= 0.3 is 0 Å². The van der Waals surface area contributed by atoms with Crippen LogP contribution in [-0.4, -0.2) is 15.5 Å². The molecule has 1 N–H and O–H groups in total. The van der Waals surface area contributed by atoms with Crippen LogP contribution in [0.4, 0.5) is 18.9 Å². The molecule has 100 valence electrons. The quantitative estimate of drug-likeness (QED) is 0.943. The van der Waals surface area contributed by atoms with E-state index >= 15 is 0 Å². The molecule has 0 saturated heterocycles. The second-order valence-electron chi connectivity index (χ2n) is 3.70. The van der Waals surface area contributed by atoms with E-state index in [0.717, 1.165) is 0 Å². The van der Waals surface area contributed by atoms with E-state index in [1.807, 2.05) is 0 Å². The van der Waals surface area contributed by atoms with Crippen LogP contribution in [0.3, 0.4) is 0 Å². The van der Waals surface area contributed by atoms with Gasteiger partial charge in [-0.1, -0.05) is 4.49 Å². The molecule has 0 aliphatic rings. The third-order valence-corrected chi connectivity index (χ3v) is 3.10. The summed E-state index contributed by atoms with van der Waals surface area (Å²) in [6.45, 7) is 1.59. The second kappa shape index (κ2) is 5.35. The zero-order chi connectivity index (χ0) is 14.0. The van der Waals surface area contributed by atoms with Crippen LogP contribution in [0, 0.1) is 12.7 Å². The van der Waals surface area contributed by atoms with Gasteiger partial charge in [0.25, 0.3) is 12.3 Å². The molecule has 1 aromatic heterocycles. The highest BCUT2D eigenvalue weighted by molar-refractivity contribution is 7.08. The van der Waals surface area contributed by atoms with Gasteiger partial charge in [-0.3, -0.25) is 4.79 Å². The van der Waals surface area contributed by atoms with E-state index in [4.69, 9.17) is 0 Å². The molecule has 0 aliphatic carbocycles.